The third-order valence-corrected chi connectivity index (χ3v) is 8.74. The van der Waals surface area contributed by atoms with Gasteiger partial charge in [0.2, 0.25) is 0 Å². The molecule has 2 heterocycles. The minimum Gasteiger partial charge on any atom is -0.379 e. The van der Waals surface area contributed by atoms with Crippen molar-refractivity contribution in [3.63, 3.8) is 0 Å². The molecule has 0 radical (unpaired) electrons. The van der Waals surface area contributed by atoms with Crippen LogP contribution in [0.15, 0.2) is 77.0 Å². The molecule has 180 valence electrons. The molecule has 3 aromatic rings. The van der Waals surface area contributed by atoms with Crippen molar-refractivity contribution in [2.24, 2.45) is 0 Å². The van der Waals surface area contributed by atoms with Gasteiger partial charge in [-0.25, -0.2) is 8.42 Å². The molecule has 0 aliphatic carbocycles. The van der Waals surface area contributed by atoms with Crippen LogP contribution in [0.3, 0.4) is 0 Å². The van der Waals surface area contributed by atoms with Crippen LogP contribution in [0.1, 0.15) is 28.2 Å². The lowest BCUT2D eigenvalue weighted by Crippen LogP contribution is -2.43. The molecule has 4 rings (SSSR count). The van der Waals surface area contributed by atoms with Crippen LogP contribution in [0.25, 0.3) is 0 Å². The molecule has 2 aromatic carbocycles. The van der Waals surface area contributed by atoms with E-state index < -0.39 is 10.0 Å². The van der Waals surface area contributed by atoms with Gasteiger partial charge in [0.1, 0.15) is 0 Å². The number of hydrogen-bond acceptors (Lipinski definition) is 6. The van der Waals surface area contributed by atoms with Crippen molar-refractivity contribution in [3.8, 4) is 0 Å². The van der Waals surface area contributed by atoms with E-state index in [1.165, 1.54) is 21.3 Å². The number of hydrogen-bond donors (Lipinski definition) is 1. The number of benzene rings is 2. The Kier molecular flexibility index (Phi) is 7.99. The average molecular weight is 500 g/mol. The standard InChI is InChI=1S/C25H29N3O4S2/c1-2-28(21-7-4-3-5-8-21)34(30,31)22-12-10-20(11-13-22)25(29)26-19-23(24-9-6-18-33-24)27-14-16-32-17-15-27/h3-13,18,23H,2,14-17,19H2,1H3,(H,26,29)/t23-/m0/s1. The number of thiophene rings is 1. The largest absolute Gasteiger partial charge is 0.379 e. The summed E-state index contributed by atoms with van der Waals surface area (Å²) in [4.78, 5) is 16.5. The zero-order valence-electron chi connectivity index (χ0n) is 19.1. The second kappa shape index (κ2) is 11.1. The Hall–Kier alpha value is -2.72. The molecule has 1 aliphatic rings. The summed E-state index contributed by atoms with van der Waals surface area (Å²) in [7, 11) is -3.73. The molecule has 0 saturated carbocycles. The number of carbonyl (C=O) groups is 1. The first kappa shape index (κ1) is 24.4. The normalized spacial score (nSPS) is 15.6. The molecule has 1 amide bonds. The van der Waals surface area contributed by atoms with Gasteiger partial charge in [-0.15, -0.1) is 11.3 Å². The molecule has 34 heavy (non-hydrogen) atoms. The number of amides is 1. The van der Waals surface area contributed by atoms with Gasteiger partial charge in [0.15, 0.2) is 0 Å². The smallest absolute Gasteiger partial charge is 0.264 e. The molecule has 1 fully saturated rings. The molecular weight excluding hydrogens is 470 g/mol. The highest BCUT2D eigenvalue weighted by Gasteiger charge is 2.25. The lowest BCUT2D eigenvalue weighted by Gasteiger charge is -2.34. The third kappa shape index (κ3) is 5.50. The summed E-state index contributed by atoms with van der Waals surface area (Å²) in [6.45, 7) is 5.58. The summed E-state index contributed by atoms with van der Waals surface area (Å²) in [5.41, 5.74) is 1.03. The predicted molar refractivity (Wildman–Crippen MR) is 135 cm³/mol. The van der Waals surface area contributed by atoms with Crippen LogP contribution < -0.4 is 9.62 Å². The second-order valence-electron chi connectivity index (χ2n) is 7.92. The number of carbonyl (C=O) groups excluding carboxylic acids is 1. The molecular formula is C25H29N3O4S2. The fourth-order valence-corrected chi connectivity index (χ4v) is 6.40. The maximum atomic E-state index is 13.2. The van der Waals surface area contributed by atoms with Crippen molar-refractivity contribution in [1.29, 1.82) is 0 Å². The van der Waals surface area contributed by atoms with Gasteiger partial charge in [-0.3, -0.25) is 14.0 Å². The van der Waals surface area contributed by atoms with Gasteiger partial charge in [0.25, 0.3) is 15.9 Å². The highest BCUT2D eigenvalue weighted by molar-refractivity contribution is 7.92. The predicted octanol–water partition coefficient (Wildman–Crippen LogP) is 3.77. The Labute approximate surface area is 205 Å². The van der Waals surface area contributed by atoms with E-state index in [2.05, 4.69) is 16.3 Å². The fraction of sp³-hybridized carbons (Fsp3) is 0.320. The van der Waals surface area contributed by atoms with E-state index in [9.17, 15) is 13.2 Å². The van der Waals surface area contributed by atoms with Crippen molar-refractivity contribution in [2.45, 2.75) is 17.9 Å². The van der Waals surface area contributed by atoms with Crippen LogP contribution in [0, 0.1) is 0 Å². The molecule has 0 spiro atoms. The van der Waals surface area contributed by atoms with Gasteiger partial charge in [-0.2, -0.15) is 0 Å². The van der Waals surface area contributed by atoms with Crippen LogP contribution in [-0.4, -0.2) is 58.6 Å². The van der Waals surface area contributed by atoms with E-state index in [4.69, 9.17) is 4.74 Å². The Bertz CT molecular complexity index is 1160. The molecule has 1 saturated heterocycles. The zero-order valence-corrected chi connectivity index (χ0v) is 20.7. The summed E-state index contributed by atoms with van der Waals surface area (Å²) in [5.74, 6) is -0.228. The zero-order chi connectivity index (χ0) is 24.0. The number of para-hydroxylation sites is 1. The Morgan fingerprint density at radius 2 is 1.76 bits per heavy atom. The number of nitrogens with one attached hydrogen (secondary N) is 1. The number of rotatable bonds is 9. The monoisotopic (exact) mass is 499 g/mol. The second-order valence-corrected chi connectivity index (χ2v) is 10.8. The molecule has 1 aliphatic heterocycles. The SMILES string of the molecule is CCN(c1ccccc1)S(=O)(=O)c1ccc(C(=O)NC[C@@H](c2cccs2)N2CCOCC2)cc1. The van der Waals surface area contributed by atoms with E-state index in [1.807, 2.05) is 17.5 Å². The van der Waals surface area contributed by atoms with E-state index in [0.717, 1.165) is 13.1 Å². The van der Waals surface area contributed by atoms with Crippen LogP contribution in [0.4, 0.5) is 5.69 Å². The Morgan fingerprint density at radius 1 is 1.06 bits per heavy atom. The maximum absolute atomic E-state index is 13.2. The van der Waals surface area contributed by atoms with Gasteiger partial charge in [-0.05, 0) is 54.8 Å². The number of nitrogens with zero attached hydrogens (tertiary/aromatic N) is 2. The molecule has 0 unspecified atom stereocenters. The highest BCUT2D eigenvalue weighted by Crippen LogP contribution is 2.26. The summed E-state index contributed by atoms with van der Waals surface area (Å²) in [6, 6.07) is 19.3. The van der Waals surface area contributed by atoms with Crippen LogP contribution in [0.5, 0.6) is 0 Å². The van der Waals surface area contributed by atoms with E-state index >= 15 is 0 Å². The molecule has 0 bridgehead atoms. The first-order valence-corrected chi connectivity index (χ1v) is 13.6. The van der Waals surface area contributed by atoms with Gasteiger partial charge in [0.05, 0.1) is 29.8 Å². The summed E-state index contributed by atoms with van der Waals surface area (Å²) in [6.07, 6.45) is 0. The first-order valence-electron chi connectivity index (χ1n) is 11.3. The van der Waals surface area contributed by atoms with Crippen molar-refractivity contribution < 1.29 is 17.9 Å². The molecule has 1 atom stereocenters. The highest BCUT2D eigenvalue weighted by atomic mass is 32.2. The van der Waals surface area contributed by atoms with Gasteiger partial charge < -0.3 is 10.1 Å². The Morgan fingerprint density at radius 3 is 2.38 bits per heavy atom. The van der Waals surface area contributed by atoms with E-state index in [-0.39, 0.29) is 16.8 Å². The number of ether oxygens (including phenoxy) is 1. The topological polar surface area (TPSA) is 79.0 Å². The van der Waals surface area contributed by atoms with Crippen molar-refractivity contribution in [2.75, 3.05) is 43.7 Å². The summed E-state index contributed by atoms with van der Waals surface area (Å²) >= 11 is 1.67. The van der Waals surface area contributed by atoms with Gasteiger partial charge in [-0.1, -0.05) is 24.3 Å². The summed E-state index contributed by atoms with van der Waals surface area (Å²) < 4.78 is 33.2. The minimum absolute atomic E-state index is 0.0801. The molecule has 9 heteroatoms. The number of morpholine rings is 1. The molecule has 1 aromatic heterocycles. The van der Waals surface area contributed by atoms with Gasteiger partial charge in [0, 0.05) is 36.6 Å². The van der Waals surface area contributed by atoms with Gasteiger partial charge >= 0.3 is 0 Å². The average Bonchev–Trinajstić information content (AvgIpc) is 3.40. The first-order chi connectivity index (χ1) is 16.5. The van der Waals surface area contributed by atoms with Crippen molar-refractivity contribution in [3.05, 3.63) is 82.6 Å². The third-order valence-electron chi connectivity index (χ3n) is 5.85. The van der Waals surface area contributed by atoms with Crippen LogP contribution in [0.2, 0.25) is 0 Å². The quantitative estimate of drug-likeness (QED) is 0.485. The summed E-state index contributed by atoms with van der Waals surface area (Å²) in [5, 5.41) is 5.07. The lowest BCUT2D eigenvalue weighted by atomic mass is 10.1. The molecule has 7 nitrogen and oxygen atoms in total. The van der Waals surface area contributed by atoms with Crippen molar-refractivity contribution in [1.82, 2.24) is 10.2 Å². The lowest BCUT2D eigenvalue weighted by molar-refractivity contribution is 0.0169. The fourth-order valence-electron chi connectivity index (χ4n) is 4.06. The van der Waals surface area contributed by atoms with Crippen LogP contribution in [-0.2, 0) is 14.8 Å². The number of anilines is 1. The van der Waals surface area contributed by atoms with E-state index in [1.54, 1.807) is 54.7 Å². The minimum atomic E-state index is -3.73. The number of sulfonamides is 1. The van der Waals surface area contributed by atoms with E-state index in [0.29, 0.717) is 37.6 Å². The van der Waals surface area contributed by atoms with Crippen molar-refractivity contribution >= 4 is 33.0 Å². The molecule has 1 N–H and O–H groups in total. The Balaban J connectivity index is 1.45. The maximum Gasteiger partial charge on any atom is 0.264 e. The van der Waals surface area contributed by atoms with Crippen LogP contribution >= 0.6 is 11.3 Å².